The summed E-state index contributed by atoms with van der Waals surface area (Å²) in [6.45, 7) is 6.78. The van der Waals surface area contributed by atoms with E-state index in [1.54, 1.807) is 49.6 Å². The summed E-state index contributed by atoms with van der Waals surface area (Å²) >= 11 is 0. The van der Waals surface area contributed by atoms with Gasteiger partial charge in [-0.2, -0.15) is 0 Å². The standard InChI is InChI=1S/C32H41N3O7S/c1-8-28(32(37)33-22(2)3)34(20-24-10-9-11-25(18-24)40-5)31(36)21-35(29-19-26(41-6)14-17-30(29)42-7)43(38,39)27-15-12-23(4)13-16-27/h9-19,22,28H,8,20-21H2,1-7H3,(H,33,37)/t28-/m0/s1. The van der Waals surface area contributed by atoms with Crippen LogP contribution < -0.4 is 23.8 Å². The van der Waals surface area contributed by atoms with Crippen LogP contribution in [0.4, 0.5) is 5.69 Å². The van der Waals surface area contributed by atoms with Crippen LogP contribution in [0, 0.1) is 6.92 Å². The molecule has 3 rings (SSSR count). The molecule has 0 saturated carbocycles. The molecule has 0 saturated heterocycles. The molecule has 3 aromatic rings. The van der Waals surface area contributed by atoms with Gasteiger partial charge in [0.15, 0.2) is 0 Å². The number of carbonyl (C=O) groups excluding carboxylic acids is 2. The first-order chi connectivity index (χ1) is 20.4. The van der Waals surface area contributed by atoms with Crippen LogP contribution in [0.5, 0.6) is 17.2 Å². The molecule has 0 unspecified atom stereocenters. The molecule has 43 heavy (non-hydrogen) atoms. The van der Waals surface area contributed by atoms with Gasteiger partial charge in [-0.25, -0.2) is 8.42 Å². The van der Waals surface area contributed by atoms with Crippen LogP contribution in [-0.2, 0) is 26.2 Å². The quantitative estimate of drug-likeness (QED) is 0.285. The average molecular weight is 612 g/mol. The Kier molecular flexibility index (Phi) is 11.4. The lowest BCUT2D eigenvalue weighted by Crippen LogP contribution is -2.53. The molecule has 0 aliphatic carbocycles. The Balaban J connectivity index is 2.16. The molecule has 0 radical (unpaired) electrons. The van der Waals surface area contributed by atoms with E-state index in [9.17, 15) is 18.0 Å². The lowest BCUT2D eigenvalue weighted by Gasteiger charge is -2.34. The number of rotatable bonds is 14. The smallest absolute Gasteiger partial charge is 0.264 e. The van der Waals surface area contributed by atoms with Gasteiger partial charge < -0.3 is 24.4 Å². The van der Waals surface area contributed by atoms with Crippen LogP contribution in [0.3, 0.4) is 0 Å². The minimum absolute atomic E-state index is 0.000268. The maximum atomic E-state index is 14.3. The summed E-state index contributed by atoms with van der Waals surface area (Å²) in [5.74, 6) is 0.292. The average Bonchev–Trinajstić information content (AvgIpc) is 2.99. The number of nitrogens with one attached hydrogen (secondary N) is 1. The first kappa shape index (κ1) is 33.3. The number of aryl methyl sites for hydroxylation is 1. The highest BCUT2D eigenvalue weighted by molar-refractivity contribution is 7.92. The predicted octanol–water partition coefficient (Wildman–Crippen LogP) is 4.55. The molecule has 0 fully saturated rings. The van der Waals surface area contributed by atoms with Crippen molar-refractivity contribution in [3.8, 4) is 17.2 Å². The molecule has 10 nitrogen and oxygen atoms in total. The molecule has 0 aliphatic heterocycles. The second kappa shape index (κ2) is 14.8. The van der Waals surface area contributed by atoms with Crippen LogP contribution in [0.15, 0.2) is 71.6 Å². The summed E-state index contributed by atoms with van der Waals surface area (Å²) < 4.78 is 45.7. The van der Waals surface area contributed by atoms with Crippen LogP contribution in [0.1, 0.15) is 38.3 Å². The minimum atomic E-state index is -4.28. The zero-order chi connectivity index (χ0) is 31.7. The Morgan fingerprint density at radius 3 is 2.12 bits per heavy atom. The summed E-state index contributed by atoms with van der Waals surface area (Å²) in [5, 5.41) is 2.89. The molecule has 11 heteroatoms. The van der Waals surface area contributed by atoms with E-state index in [2.05, 4.69) is 5.32 Å². The first-order valence-corrected chi connectivity index (χ1v) is 15.4. The number of ether oxygens (including phenoxy) is 3. The van der Waals surface area contributed by atoms with Gasteiger partial charge in [0.25, 0.3) is 10.0 Å². The van der Waals surface area contributed by atoms with E-state index < -0.39 is 28.5 Å². The van der Waals surface area contributed by atoms with E-state index in [4.69, 9.17) is 14.2 Å². The molecular weight excluding hydrogens is 570 g/mol. The third-order valence-corrected chi connectivity index (χ3v) is 8.62. The van der Waals surface area contributed by atoms with E-state index in [-0.39, 0.29) is 34.8 Å². The number of carbonyl (C=O) groups is 2. The third-order valence-electron chi connectivity index (χ3n) is 6.85. The van der Waals surface area contributed by atoms with Crippen molar-refractivity contribution in [2.45, 2.75) is 57.6 Å². The topological polar surface area (TPSA) is 114 Å². The maximum Gasteiger partial charge on any atom is 0.264 e. The van der Waals surface area contributed by atoms with Gasteiger partial charge in [-0.05, 0) is 69.2 Å². The number of sulfonamides is 1. The number of hydrogen-bond donors (Lipinski definition) is 1. The maximum absolute atomic E-state index is 14.3. The van der Waals surface area contributed by atoms with E-state index in [1.807, 2.05) is 33.8 Å². The van der Waals surface area contributed by atoms with Gasteiger partial charge in [-0.3, -0.25) is 13.9 Å². The van der Waals surface area contributed by atoms with Gasteiger partial charge in [-0.15, -0.1) is 0 Å². The lowest BCUT2D eigenvalue weighted by molar-refractivity contribution is -0.140. The van der Waals surface area contributed by atoms with Crippen LogP contribution >= 0.6 is 0 Å². The summed E-state index contributed by atoms with van der Waals surface area (Å²) in [5.41, 5.74) is 1.72. The Bertz CT molecular complexity index is 1510. The van der Waals surface area contributed by atoms with Gasteiger partial charge in [0.05, 0.1) is 31.9 Å². The molecular formula is C32H41N3O7S. The van der Waals surface area contributed by atoms with Gasteiger partial charge in [0, 0.05) is 18.7 Å². The van der Waals surface area contributed by atoms with E-state index >= 15 is 0 Å². The molecule has 232 valence electrons. The van der Waals surface area contributed by atoms with Gasteiger partial charge >= 0.3 is 0 Å². The van der Waals surface area contributed by atoms with Gasteiger partial charge in [0.1, 0.15) is 29.8 Å². The fraction of sp³-hybridized carbons (Fsp3) is 0.375. The van der Waals surface area contributed by atoms with Crippen LogP contribution in [0.25, 0.3) is 0 Å². The number of benzene rings is 3. The normalized spacial score (nSPS) is 11.9. The largest absolute Gasteiger partial charge is 0.497 e. The summed E-state index contributed by atoms with van der Waals surface area (Å²) in [6.07, 6.45) is 0.307. The Labute approximate surface area is 254 Å². The van der Waals surface area contributed by atoms with Crippen molar-refractivity contribution in [3.05, 3.63) is 77.9 Å². The van der Waals surface area contributed by atoms with E-state index in [0.717, 1.165) is 15.4 Å². The highest BCUT2D eigenvalue weighted by Crippen LogP contribution is 2.36. The minimum Gasteiger partial charge on any atom is -0.497 e. The fourth-order valence-electron chi connectivity index (χ4n) is 4.61. The predicted molar refractivity (Wildman–Crippen MR) is 166 cm³/mol. The number of hydrogen-bond acceptors (Lipinski definition) is 7. The fourth-order valence-corrected chi connectivity index (χ4v) is 6.03. The number of methoxy groups -OCH3 is 3. The van der Waals surface area contributed by atoms with Crippen molar-refractivity contribution >= 4 is 27.5 Å². The van der Waals surface area contributed by atoms with Crippen molar-refractivity contribution < 1.29 is 32.2 Å². The lowest BCUT2D eigenvalue weighted by atomic mass is 10.1. The number of amides is 2. The first-order valence-electron chi connectivity index (χ1n) is 14.0. The van der Waals surface area contributed by atoms with E-state index in [0.29, 0.717) is 17.9 Å². The highest BCUT2D eigenvalue weighted by Gasteiger charge is 2.35. The summed E-state index contributed by atoms with van der Waals surface area (Å²) in [6, 6.07) is 17.2. The van der Waals surface area contributed by atoms with Gasteiger partial charge in [0.2, 0.25) is 11.8 Å². The monoisotopic (exact) mass is 611 g/mol. The second-order valence-corrected chi connectivity index (χ2v) is 12.2. The van der Waals surface area contributed by atoms with Crippen molar-refractivity contribution in [3.63, 3.8) is 0 Å². The molecule has 0 heterocycles. The summed E-state index contributed by atoms with van der Waals surface area (Å²) in [4.78, 5) is 29.0. The Hall–Kier alpha value is -4.25. The van der Waals surface area contributed by atoms with Crippen LogP contribution in [-0.4, -0.2) is 65.1 Å². The van der Waals surface area contributed by atoms with Gasteiger partial charge in [-0.1, -0.05) is 36.8 Å². The highest BCUT2D eigenvalue weighted by atomic mass is 32.2. The molecule has 1 atom stereocenters. The van der Waals surface area contributed by atoms with Crippen molar-refractivity contribution in [2.24, 2.45) is 0 Å². The zero-order valence-corrected chi connectivity index (χ0v) is 26.6. The zero-order valence-electron chi connectivity index (χ0n) is 25.8. The third kappa shape index (κ3) is 8.19. The SMILES string of the molecule is CC[C@@H](C(=O)NC(C)C)N(Cc1cccc(OC)c1)C(=O)CN(c1cc(OC)ccc1OC)S(=O)(=O)c1ccc(C)cc1. The molecule has 0 aromatic heterocycles. The number of anilines is 1. The molecule has 0 bridgehead atoms. The molecule has 2 amide bonds. The Morgan fingerprint density at radius 2 is 1.53 bits per heavy atom. The van der Waals surface area contributed by atoms with Crippen molar-refractivity contribution in [1.82, 2.24) is 10.2 Å². The molecule has 0 aliphatic rings. The molecule has 3 aromatic carbocycles. The van der Waals surface area contributed by atoms with Crippen LogP contribution in [0.2, 0.25) is 0 Å². The summed E-state index contributed by atoms with van der Waals surface area (Å²) in [7, 11) is 0.143. The molecule has 0 spiro atoms. The van der Waals surface area contributed by atoms with E-state index in [1.165, 1.54) is 37.3 Å². The number of nitrogens with zero attached hydrogens (tertiary/aromatic N) is 2. The van der Waals surface area contributed by atoms with Crippen molar-refractivity contribution in [1.29, 1.82) is 0 Å². The molecule has 1 N–H and O–H groups in total. The second-order valence-electron chi connectivity index (χ2n) is 10.3. The Morgan fingerprint density at radius 1 is 0.884 bits per heavy atom. The van der Waals surface area contributed by atoms with Crippen molar-refractivity contribution in [2.75, 3.05) is 32.2 Å².